The van der Waals surface area contributed by atoms with Gasteiger partial charge in [0.1, 0.15) is 0 Å². The molecule has 2 aromatic rings. The first kappa shape index (κ1) is 19.8. The van der Waals surface area contributed by atoms with Crippen molar-refractivity contribution in [2.45, 2.75) is 13.1 Å². The zero-order valence-electron chi connectivity index (χ0n) is 16.1. The maximum Gasteiger partial charge on any atom is 0.263 e. The first-order chi connectivity index (χ1) is 12.4. The molecule has 0 atom stereocenters. The number of hydrogen-bond acceptors (Lipinski definition) is 5. The summed E-state index contributed by atoms with van der Waals surface area (Å²) in [5.41, 5.74) is 1.94. The number of ketones is 1. The minimum Gasteiger partial charge on any atom is -0.327 e. The van der Waals surface area contributed by atoms with E-state index in [4.69, 9.17) is 0 Å². The van der Waals surface area contributed by atoms with Gasteiger partial charge in [0.2, 0.25) is 0 Å². The van der Waals surface area contributed by atoms with E-state index >= 15 is 0 Å². The maximum absolute atomic E-state index is 12.9. The predicted octanol–water partition coefficient (Wildman–Crippen LogP) is 1.62. The highest BCUT2D eigenvalue weighted by Crippen LogP contribution is 2.13. The van der Waals surface area contributed by atoms with E-state index < -0.39 is 0 Å². The van der Waals surface area contributed by atoms with Gasteiger partial charge >= 0.3 is 0 Å². The third-order valence-corrected chi connectivity index (χ3v) is 4.32. The fraction of sp³-hybridized carbons (Fsp3) is 0.421. The van der Waals surface area contributed by atoms with Crippen molar-refractivity contribution in [2.24, 2.45) is 14.1 Å². The van der Waals surface area contributed by atoms with E-state index in [1.165, 1.54) is 0 Å². The zero-order chi connectivity index (χ0) is 19.3. The van der Waals surface area contributed by atoms with Gasteiger partial charge in [0.15, 0.2) is 11.6 Å². The molecule has 0 bridgehead atoms. The molecule has 26 heavy (non-hydrogen) atoms. The Morgan fingerprint density at radius 1 is 0.962 bits per heavy atom. The van der Waals surface area contributed by atoms with Gasteiger partial charge in [-0.3, -0.25) is 14.6 Å². The lowest BCUT2D eigenvalue weighted by Crippen LogP contribution is -2.21. The number of carbonyl (C=O) groups excluding carboxylic acids is 1. The summed E-state index contributed by atoms with van der Waals surface area (Å²) in [6.45, 7) is 10.4. The molecule has 0 amide bonds. The molecule has 0 N–H and O–H groups in total. The lowest BCUT2D eigenvalue weighted by molar-refractivity contribution is 0.101. The number of likely N-dealkylation sites (N-methyl/N-ethyl adjacent to an activating group) is 2. The smallest absolute Gasteiger partial charge is 0.263 e. The van der Waals surface area contributed by atoms with Crippen LogP contribution >= 0.6 is 0 Å². The number of hydrogen-bond donors (Lipinski definition) is 0. The normalized spacial score (nSPS) is 11.3. The number of rotatable bonds is 10. The third kappa shape index (κ3) is 4.36. The number of imidazole rings is 2. The molecule has 0 unspecified atom stereocenters. The lowest BCUT2D eigenvalue weighted by atomic mass is 10.3. The van der Waals surface area contributed by atoms with Crippen LogP contribution in [0.15, 0.2) is 37.7 Å². The van der Waals surface area contributed by atoms with Crippen molar-refractivity contribution in [1.82, 2.24) is 28.9 Å². The van der Waals surface area contributed by atoms with E-state index in [1.807, 2.05) is 49.5 Å². The van der Waals surface area contributed by atoms with Gasteiger partial charge in [0.05, 0.1) is 23.8 Å². The molecule has 0 radical (unpaired) electrons. The predicted molar refractivity (Wildman–Crippen MR) is 103 cm³/mol. The molecule has 2 heterocycles. The summed E-state index contributed by atoms with van der Waals surface area (Å²) in [7, 11) is 7.72. The molecule has 0 aliphatic heterocycles. The van der Waals surface area contributed by atoms with Crippen molar-refractivity contribution in [1.29, 1.82) is 0 Å². The second-order valence-corrected chi connectivity index (χ2v) is 6.56. The molecule has 0 saturated carbocycles. The average molecular weight is 356 g/mol. The van der Waals surface area contributed by atoms with Crippen LogP contribution in [0.5, 0.6) is 0 Å². The molecule has 2 rings (SSSR count). The van der Waals surface area contributed by atoms with E-state index in [0.29, 0.717) is 24.7 Å². The van der Waals surface area contributed by atoms with Crippen molar-refractivity contribution in [2.75, 3.05) is 27.2 Å². The van der Waals surface area contributed by atoms with Gasteiger partial charge in [0.25, 0.3) is 5.78 Å². The first-order valence-electron chi connectivity index (χ1n) is 8.53. The minimum atomic E-state index is -0.176. The van der Waals surface area contributed by atoms with Gasteiger partial charge in [-0.25, -0.2) is 9.97 Å². The van der Waals surface area contributed by atoms with E-state index in [9.17, 15) is 4.79 Å². The molecule has 0 aliphatic rings. The highest BCUT2D eigenvalue weighted by molar-refractivity contribution is 6.04. The topological polar surface area (TPSA) is 59.2 Å². The van der Waals surface area contributed by atoms with E-state index in [1.54, 1.807) is 12.4 Å². The van der Waals surface area contributed by atoms with Crippen LogP contribution in [0.25, 0.3) is 0 Å². The van der Waals surface area contributed by atoms with Crippen molar-refractivity contribution in [3.63, 3.8) is 0 Å². The van der Waals surface area contributed by atoms with Gasteiger partial charge in [-0.2, -0.15) is 0 Å². The molecular weight excluding hydrogens is 328 g/mol. The zero-order valence-corrected chi connectivity index (χ0v) is 16.1. The molecule has 0 aliphatic carbocycles. The first-order valence-corrected chi connectivity index (χ1v) is 8.53. The Morgan fingerprint density at radius 3 is 1.69 bits per heavy atom. The Labute approximate surface area is 155 Å². The van der Waals surface area contributed by atoms with Crippen LogP contribution < -0.4 is 0 Å². The van der Waals surface area contributed by atoms with E-state index in [2.05, 4.69) is 32.9 Å². The van der Waals surface area contributed by atoms with Crippen LogP contribution in [0.4, 0.5) is 0 Å². The number of nitrogens with zero attached hydrogens (tertiary/aromatic N) is 6. The molecule has 7 heteroatoms. The van der Waals surface area contributed by atoms with Crippen LogP contribution in [-0.2, 0) is 27.2 Å². The molecule has 7 nitrogen and oxygen atoms in total. The van der Waals surface area contributed by atoms with Crippen molar-refractivity contribution in [3.8, 4) is 0 Å². The Hall–Kier alpha value is -2.51. The Balaban J connectivity index is 2.19. The van der Waals surface area contributed by atoms with Crippen LogP contribution in [0.3, 0.4) is 0 Å². The average Bonchev–Trinajstić information content (AvgIpc) is 3.12. The summed E-state index contributed by atoms with van der Waals surface area (Å²) in [5.74, 6) is 0.614. The summed E-state index contributed by atoms with van der Waals surface area (Å²) in [4.78, 5) is 25.8. The number of carbonyl (C=O) groups is 1. The second-order valence-electron chi connectivity index (χ2n) is 6.56. The van der Waals surface area contributed by atoms with Gasteiger partial charge in [0, 0.05) is 40.3 Å². The molecular formula is C19H28N6O. The largest absolute Gasteiger partial charge is 0.327 e. The van der Waals surface area contributed by atoms with Gasteiger partial charge in [-0.15, -0.1) is 13.2 Å². The standard InChI is InChI=1S/C19H28N6O/c1-7-9-22(3)13-15-11-20-18(24(15)5)17(26)19-21-12-16(25(19)6)14-23(4)10-8-2/h7-8,11-12H,1-2,9-10,13-14H2,3-6H3. The quantitative estimate of drug-likeness (QED) is 0.478. The van der Waals surface area contributed by atoms with Crippen LogP contribution in [0.2, 0.25) is 0 Å². The van der Waals surface area contributed by atoms with Gasteiger partial charge < -0.3 is 9.13 Å². The van der Waals surface area contributed by atoms with Gasteiger partial charge in [-0.1, -0.05) is 12.2 Å². The minimum absolute atomic E-state index is 0.176. The van der Waals surface area contributed by atoms with Gasteiger partial charge in [-0.05, 0) is 14.1 Å². The molecule has 0 aromatic carbocycles. The Morgan fingerprint density at radius 2 is 1.35 bits per heavy atom. The second kappa shape index (κ2) is 8.73. The summed E-state index contributed by atoms with van der Waals surface area (Å²) in [5, 5.41) is 0. The Kier molecular flexibility index (Phi) is 6.65. The van der Waals surface area contributed by atoms with Crippen molar-refractivity contribution in [3.05, 3.63) is 60.7 Å². The van der Waals surface area contributed by atoms with Crippen LogP contribution in [0.1, 0.15) is 27.8 Å². The van der Waals surface area contributed by atoms with Crippen molar-refractivity contribution >= 4 is 5.78 Å². The monoisotopic (exact) mass is 356 g/mol. The summed E-state index contributed by atoms with van der Waals surface area (Å²) < 4.78 is 3.67. The molecule has 0 saturated heterocycles. The number of aromatic nitrogens is 4. The summed E-state index contributed by atoms with van der Waals surface area (Å²) in [6.07, 6.45) is 7.19. The fourth-order valence-electron chi connectivity index (χ4n) is 2.83. The highest BCUT2D eigenvalue weighted by Gasteiger charge is 2.22. The summed E-state index contributed by atoms with van der Waals surface area (Å²) in [6, 6.07) is 0. The molecule has 0 spiro atoms. The Bertz CT molecular complexity index is 724. The highest BCUT2D eigenvalue weighted by atomic mass is 16.1. The van der Waals surface area contributed by atoms with Crippen molar-refractivity contribution < 1.29 is 4.79 Å². The molecule has 2 aromatic heterocycles. The summed E-state index contributed by atoms with van der Waals surface area (Å²) >= 11 is 0. The molecule has 140 valence electrons. The lowest BCUT2D eigenvalue weighted by Gasteiger charge is -2.15. The molecule has 0 fully saturated rings. The maximum atomic E-state index is 12.9. The van der Waals surface area contributed by atoms with E-state index in [-0.39, 0.29) is 5.78 Å². The van der Waals surface area contributed by atoms with Crippen LogP contribution in [-0.4, -0.2) is 61.9 Å². The SMILES string of the molecule is C=CCN(C)Cc1cnc(C(=O)c2ncc(CN(C)CC=C)n2C)n1C. The fourth-order valence-corrected chi connectivity index (χ4v) is 2.83. The third-order valence-electron chi connectivity index (χ3n) is 4.32. The van der Waals surface area contributed by atoms with Crippen LogP contribution in [0, 0.1) is 0 Å². The van der Waals surface area contributed by atoms with E-state index in [0.717, 1.165) is 24.5 Å².